The van der Waals surface area contributed by atoms with Gasteiger partial charge in [-0.05, 0) is 24.1 Å². The molecule has 8 rings (SSSR count). The fourth-order valence-electron chi connectivity index (χ4n) is 6.07. The van der Waals surface area contributed by atoms with Crippen LogP contribution in [0.2, 0.25) is 0 Å². The molecule has 238 valence electrons. The number of alkyl halides is 1. The van der Waals surface area contributed by atoms with Gasteiger partial charge in [0.25, 0.3) is 0 Å². The van der Waals surface area contributed by atoms with Crippen molar-refractivity contribution >= 4 is 71.5 Å². The minimum atomic E-state index is -4.14. The number of nitrogen functional groups attached to an aromatic ring is 1. The number of rotatable bonds is 2. The Balaban J connectivity index is 1.08. The summed E-state index contributed by atoms with van der Waals surface area (Å²) in [6, 6.07) is -0.202. The summed E-state index contributed by atoms with van der Waals surface area (Å²) < 4.78 is 63.2. The second-order valence-electron chi connectivity index (χ2n) is 11.0. The highest BCUT2D eigenvalue weighted by Crippen LogP contribution is 2.59. The number of aromatic nitrogens is 9. The number of imidazole rings is 3. The van der Waals surface area contributed by atoms with Crippen LogP contribution in [0.4, 0.5) is 10.2 Å². The first-order valence-corrected chi connectivity index (χ1v) is 19.0. The molecular formula is C23H25FN10O7P2S2. The van der Waals surface area contributed by atoms with Crippen LogP contribution in [-0.4, -0.2) is 86.5 Å². The molecule has 22 heteroatoms. The third-order valence-electron chi connectivity index (χ3n) is 8.39. The maximum absolute atomic E-state index is 15.9. The molecule has 3 aliphatic rings. The van der Waals surface area contributed by atoms with Crippen LogP contribution < -0.4 is 5.73 Å². The van der Waals surface area contributed by atoms with E-state index in [0.29, 0.717) is 34.5 Å². The van der Waals surface area contributed by atoms with Gasteiger partial charge in [0.15, 0.2) is 29.5 Å². The number of hydrogen-bond donors (Lipinski definition) is 3. The normalized spacial score (nSPS) is 36.2. The van der Waals surface area contributed by atoms with Crippen LogP contribution >= 0.6 is 25.8 Å². The molecule has 1 aliphatic carbocycles. The average molecular weight is 699 g/mol. The predicted octanol–water partition coefficient (Wildman–Crippen LogP) is 2.62. The quantitative estimate of drug-likeness (QED) is 0.179. The Morgan fingerprint density at radius 1 is 1.11 bits per heavy atom. The number of fused-ring (bicyclic) bond motifs is 7. The lowest BCUT2D eigenvalue weighted by molar-refractivity contribution is -0.0470. The van der Waals surface area contributed by atoms with Gasteiger partial charge >= 0.3 is 13.5 Å². The van der Waals surface area contributed by atoms with E-state index in [1.165, 1.54) is 17.2 Å². The van der Waals surface area contributed by atoms with Gasteiger partial charge in [0.05, 0.1) is 32.5 Å². The molecule has 3 N–H and O–H groups in total. The van der Waals surface area contributed by atoms with E-state index in [-0.39, 0.29) is 36.9 Å². The number of thiol groups is 1. The average Bonchev–Trinajstić information content (AvgIpc) is 3.75. The van der Waals surface area contributed by atoms with E-state index in [0.717, 1.165) is 0 Å². The summed E-state index contributed by atoms with van der Waals surface area (Å²) in [6.07, 6.45) is 4.01. The number of hydrogen-bond acceptors (Lipinski definition) is 14. The number of nitrogens with two attached hydrogens (primary N) is 1. The fourth-order valence-corrected chi connectivity index (χ4v) is 8.70. The van der Waals surface area contributed by atoms with Crippen LogP contribution in [-0.2, 0) is 39.2 Å². The molecule has 9 atom stereocenters. The maximum Gasteiger partial charge on any atom is 0.386 e. The van der Waals surface area contributed by atoms with Crippen molar-refractivity contribution in [1.82, 2.24) is 43.4 Å². The van der Waals surface area contributed by atoms with E-state index in [4.69, 9.17) is 40.4 Å². The molecule has 0 amide bonds. The third kappa shape index (κ3) is 5.26. The van der Waals surface area contributed by atoms with Crippen molar-refractivity contribution in [3.05, 3.63) is 37.6 Å². The summed E-state index contributed by atoms with van der Waals surface area (Å²) in [4.78, 5) is 36.4. The van der Waals surface area contributed by atoms with Gasteiger partial charge in [0, 0.05) is 30.6 Å². The minimum Gasteiger partial charge on any atom is -0.382 e. The van der Waals surface area contributed by atoms with Crippen LogP contribution in [0.25, 0.3) is 28.1 Å². The Hall–Kier alpha value is -2.64. The number of ether oxygens (including phenoxy) is 1. The second kappa shape index (κ2) is 11.0. The van der Waals surface area contributed by atoms with Crippen LogP contribution in [0, 0.1) is 11.8 Å². The van der Waals surface area contributed by atoms with Gasteiger partial charge in [0.2, 0.25) is 5.78 Å². The van der Waals surface area contributed by atoms with Crippen LogP contribution in [0.15, 0.2) is 37.6 Å². The first-order valence-electron chi connectivity index (χ1n) is 13.7. The topological polar surface area (TPSA) is 201 Å². The van der Waals surface area contributed by atoms with E-state index >= 15 is 4.39 Å². The molecule has 0 spiro atoms. The summed E-state index contributed by atoms with van der Waals surface area (Å²) in [6.45, 7) is -8.57. The first kappa shape index (κ1) is 29.7. The van der Waals surface area contributed by atoms with Crippen molar-refractivity contribution in [2.24, 2.45) is 11.8 Å². The molecule has 0 radical (unpaired) electrons. The van der Waals surface area contributed by atoms with Crippen molar-refractivity contribution < 1.29 is 36.7 Å². The van der Waals surface area contributed by atoms with E-state index in [2.05, 4.69) is 42.2 Å². The second-order valence-corrected chi connectivity index (χ2v) is 16.7. The minimum absolute atomic E-state index is 0.0434. The number of halogens is 1. The SMILES string of the molecule is Nc1ncnc2c1ncn2[C@@H]1C[C@@H]2COP(=O)(S)O[C@@H]3[C@H](F)[C@@H](COP(O)(=S)OC[C@H]21)O[C@H]3n1cnc2nc3nccn3c2c1. The molecule has 0 aromatic carbocycles. The Kier molecular flexibility index (Phi) is 7.25. The molecule has 2 bridgehead atoms. The molecule has 2 unspecified atom stereocenters. The maximum atomic E-state index is 15.9. The third-order valence-corrected chi connectivity index (χ3v) is 11.6. The highest BCUT2D eigenvalue weighted by atomic mass is 32.7. The zero-order valence-corrected chi connectivity index (χ0v) is 26.5. The standard InChI is InChI=1S/C23H25FN10O7P2S2/c24-16-15-7-39-42(35,44)38-6-12-11(3-13(12)34-10-29-17-19(25)27-8-28-21(17)34)5-37-43(36,45)41-18(16)22(40-15)32-4-14-20(30-9-32)31-23-26-1-2-33(14)23/h1-2,4,8-13,15-16,18,22H,3,5-7H2,(H,35,44)(H,36,45)(H2,25,27,28)/t11-,12-,13-,15-,16-,18-,22-,42?,43?/m1/s1. The zero-order chi connectivity index (χ0) is 31.1. The molecule has 5 aromatic heterocycles. The largest absolute Gasteiger partial charge is 0.386 e. The molecule has 3 fully saturated rings. The smallest absolute Gasteiger partial charge is 0.382 e. The van der Waals surface area contributed by atoms with Crippen molar-refractivity contribution in [3.8, 4) is 0 Å². The number of nitrogens with zero attached hydrogens (tertiary/aromatic N) is 9. The van der Waals surface area contributed by atoms with Crippen LogP contribution in [0.1, 0.15) is 18.7 Å². The zero-order valence-electron chi connectivity index (χ0n) is 23.0. The molecule has 2 saturated heterocycles. The summed E-state index contributed by atoms with van der Waals surface area (Å²) in [5.74, 6) is 0.146. The first-order chi connectivity index (χ1) is 21.6. The number of anilines is 1. The lowest BCUT2D eigenvalue weighted by Gasteiger charge is -2.45. The van der Waals surface area contributed by atoms with Crippen LogP contribution in [0.3, 0.4) is 0 Å². The van der Waals surface area contributed by atoms with E-state index < -0.39 is 44.7 Å². The summed E-state index contributed by atoms with van der Waals surface area (Å²) in [5, 5.41) is 0. The van der Waals surface area contributed by atoms with E-state index in [1.807, 2.05) is 4.57 Å². The van der Waals surface area contributed by atoms with Gasteiger partial charge in [-0.15, -0.1) is 0 Å². The summed E-state index contributed by atoms with van der Waals surface area (Å²) in [5.41, 5.74) is 7.92. The molecular weight excluding hydrogens is 673 g/mol. The fraction of sp³-hybridized carbons (Fsp3) is 0.478. The predicted molar refractivity (Wildman–Crippen MR) is 161 cm³/mol. The Morgan fingerprint density at radius 2 is 1.96 bits per heavy atom. The highest BCUT2D eigenvalue weighted by Gasteiger charge is 2.51. The Morgan fingerprint density at radius 3 is 2.82 bits per heavy atom. The lowest BCUT2D eigenvalue weighted by atomic mass is 9.70. The van der Waals surface area contributed by atoms with Gasteiger partial charge in [-0.3, -0.25) is 8.92 Å². The van der Waals surface area contributed by atoms with Crippen molar-refractivity contribution in [3.63, 3.8) is 0 Å². The summed E-state index contributed by atoms with van der Waals surface area (Å²) in [7, 11) is 0. The molecule has 1 saturated carbocycles. The van der Waals surface area contributed by atoms with E-state index in [1.54, 1.807) is 29.3 Å². The molecule has 5 aromatic rings. The highest BCUT2D eigenvalue weighted by molar-refractivity contribution is 8.44. The van der Waals surface area contributed by atoms with Crippen molar-refractivity contribution in [2.45, 2.75) is 37.1 Å². The molecule has 2 aliphatic heterocycles. The molecule has 7 heterocycles. The molecule has 17 nitrogen and oxygen atoms in total. The van der Waals surface area contributed by atoms with Gasteiger partial charge in [-0.2, -0.15) is 4.98 Å². The van der Waals surface area contributed by atoms with Gasteiger partial charge in [0.1, 0.15) is 29.6 Å². The van der Waals surface area contributed by atoms with E-state index in [9.17, 15) is 9.46 Å². The molecule has 45 heavy (non-hydrogen) atoms. The van der Waals surface area contributed by atoms with Crippen molar-refractivity contribution in [2.75, 3.05) is 25.6 Å². The van der Waals surface area contributed by atoms with Gasteiger partial charge in [-0.25, -0.2) is 33.9 Å². The monoisotopic (exact) mass is 698 g/mol. The van der Waals surface area contributed by atoms with Gasteiger partial charge in [-0.1, -0.05) is 12.2 Å². The lowest BCUT2D eigenvalue weighted by Crippen LogP contribution is -2.43. The Bertz CT molecular complexity index is 2030. The van der Waals surface area contributed by atoms with Crippen molar-refractivity contribution in [1.29, 1.82) is 0 Å². The summed E-state index contributed by atoms with van der Waals surface area (Å²) >= 11 is 9.45. The van der Waals surface area contributed by atoms with Crippen LogP contribution in [0.5, 0.6) is 0 Å². The Labute approximate surface area is 263 Å². The van der Waals surface area contributed by atoms with Gasteiger partial charge < -0.3 is 38.1 Å².